The van der Waals surface area contributed by atoms with Gasteiger partial charge in [-0.2, -0.15) is 0 Å². The van der Waals surface area contributed by atoms with Crippen molar-refractivity contribution in [3.05, 3.63) is 0 Å². The molecule has 3 aliphatic rings. The second-order valence-electron chi connectivity index (χ2n) is 5.80. The molecule has 0 aromatic carbocycles. The van der Waals surface area contributed by atoms with Crippen molar-refractivity contribution in [1.82, 2.24) is 14.7 Å². The molecule has 0 aromatic heterocycles. The standard InChI is InChI=1S/C13H25N3O/c1-14-4-2-12(3-5-14)15-6-8-16(9-7-15)13-10-17-11-13/h12-13H,2-11H2,1H3. The molecule has 3 rings (SSSR count). The van der Waals surface area contributed by atoms with Gasteiger partial charge >= 0.3 is 0 Å². The SMILES string of the molecule is CN1CCC(N2CCN(C3COC3)CC2)CC1. The van der Waals surface area contributed by atoms with Crippen molar-refractivity contribution in [3.63, 3.8) is 0 Å². The Kier molecular flexibility index (Phi) is 3.66. The van der Waals surface area contributed by atoms with Gasteiger partial charge < -0.3 is 9.64 Å². The Labute approximate surface area is 104 Å². The van der Waals surface area contributed by atoms with Crippen LogP contribution in [0.3, 0.4) is 0 Å². The summed E-state index contributed by atoms with van der Waals surface area (Å²) in [5.41, 5.74) is 0. The molecule has 0 aliphatic carbocycles. The fourth-order valence-corrected chi connectivity index (χ4v) is 3.26. The molecule has 0 unspecified atom stereocenters. The van der Waals surface area contributed by atoms with Gasteiger partial charge in [0, 0.05) is 32.2 Å². The minimum Gasteiger partial charge on any atom is -0.378 e. The highest BCUT2D eigenvalue weighted by molar-refractivity contribution is 4.86. The molecular weight excluding hydrogens is 214 g/mol. The molecule has 0 saturated carbocycles. The molecular formula is C13H25N3O. The van der Waals surface area contributed by atoms with Crippen LogP contribution in [0.4, 0.5) is 0 Å². The van der Waals surface area contributed by atoms with Crippen LogP contribution in [-0.4, -0.2) is 86.3 Å². The third-order valence-corrected chi connectivity index (χ3v) is 4.69. The number of ether oxygens (including phenoxy) is 1. The topological polar surface area (TPSA) is 19.0 Å². The lowest BCUT2D eigenvalue weighted by molar-refractivity contribution is -0.0811. The maximum atomic E-state index is 5.28. The first kappa shape index (κ1) is 11.9. The predicted molar refractivity (Wildman–Crippen MR) is 68.3 cm³/mol. The van der Waals surface area contributed by atoms with Gasteiger partial charge in [-0.3, -0.25) is 9.80 Å². The predicted octanol–water partition coefficient (Wildman–Crippen LogP) is 0.0970. The maximum Gasteiger partial charge on any atom is 0.0645 e. The first-order valence-corrected chi connectivity index (χ1v) is 7.07. The third-order valence-electron chi connectivity index (χ3n) is 4.69. The molecule has 3 aliphatic heterocycles. The molecule has 98 valence electrons. The van der Waals surface area contributed by atoms with Gasteiger partial charge in [-0.1, -0.05) is 0 Å². The van der Waals surface area contributed by atoms with Crippen LogP contribution < -0.4 is 0 Å². The van der Waals surface area contributed by atoms with Gasteiger partial charge in [0.15, 0.2) is 0 Å². The Morgan fingerprint density at radius 2 is 1.29 bits per heavy atom. The average molecular weight is 239 g/mol. The van der Waals surface area contributed by atoms with E-state index < -0.39 is 0 Å². The van der Waals surface area contributed by atoms with E-state index in [4.69, 9.17) is 4.74 Å². The molecule has 0 aromatic rings. The first-order chi connectivity index (χ1) is 8.33. The van der Waals surface area contributed by atoms with Crippen molar-refractivity contribution in [2.45, 2.75) is 24.9 Å². The fourth-order valence-electron chi connectivity index (χ4n) is 3.26. The van der Waals surface area contributed by atoms with Crippen molar-refractivity contribution in [2.75, 3.05) is 59.5 Å². The average Bonchev–Trinajstić information content (AvgIpc) is 2.29. The zero-order valence-corrected chi connectivity index (χ0v) is 11.0. The lowest BCUT2D eigenvalue weighted by Crippen LogP contribution is -2.58. The number of piperazine rings is 1. The lowest BCUT2D eigenvalue weighted by Gasteiger charge is -2.46. The van der Waals surface area contributed by atoms with Gasteiger partial charge in [0.05, 0.1) is 19.3 Å². The van der Waals surface area contributed by atoms with Gasteiger partial charge in [0.25, 0.3) is 0 Å². The molecule has 3 saturated heterocycles. The Bertz CT molecular complexity index is 241. The van der Waals surface area contributed by atoms with Crippen LogP contribution in [0.25, 0.3) is 0 Å². The summed E-state index contributed by atoms with van der Waals surface area (Å²) in [7, 11) is 2.24. The van der Waals surface area contributed by atoms with E-state index in [1.807, 2.05) is 0 Å². The summed E-state index contributed by atoms with van der Waals surface area (Å²) in [6.07, 6.45) is 2.73. The fraction of sp³-hybridized carbons (Fsp3) is 1.00. The van der Waals surface area contributed by atoms with Gasteiger partial charge in [-0.15, -0.1) is 0 Å². The molecule has 0 radical (unpaired) electrons. The van der Waals surface area contributed by atoms with Crippen LogP contribution in [-0.2, 0) is 4.74 Å². The smallest absolute Gasteiger partial charge is 0.0645 e. The van der Waals surface area contributed by atoms with Crippen LogP contribution in [0.1, 0.15) is 12.8 Å². The Hall–Kier alpha value is -0.160. The van der Waals surface area contributed by atoms with Crippen LogP contribution in [0, 0.1) is 0 Å². The van der Waals surface area contributed by atoms with E-state index in [-0.39, 0.29) is 0 Å². The number of hydrogen-bond donors (Lipinski definition) is 0. The quantitative estimate of drug-likeness (QED) is 0.680. The van der Waals surface area contributed by atoms with Gasteiger partial charge in [0.2, 0.25) is 0 Å². The van der Waals surface area contributed by atoms with Crippen LogP contribution >= 0.6 is 0 Å². The maximum absolute atomic E-state index is 5.28. The van der Waals surface area contributed by atoms with Crippen LogP contribution in [0.15, 0.2) is 0 Å². The summed E-state index contributed by atoms with van der Waals surface area (Å²) in [6, 6.07) is 1.58. The first-order valence-electron chi connectivity index (χ1n) is 7.07. The van der Waals surface area contributed by atoms with E-state index in [0.717, 1.165) is 25.3 Å². The molecule has 0 atom stereocenters. The second-order valence-corrected chi connectivity index (χ2v) is 5.80. The second kappa shape index (κ2) is 5.22. The molecule has 0 spiro atoms. The van der Waals surface area contributed by atoms with E-state index in [9.17, 15) is 0 Å². The number of nitrogens with zero attached hydrogens (tertiary/aromatic N) is 3. The minimum absolute atomic E-state index is 0.731. The molecule has 0 bridgehead atoms. The zero-order valence-electron chi connectivity index (χ0n) is 11.0. The number of likely N-dealkylation sites (tertiary alicyclic amines) is 1. The summed E-state index contributed by atoms with van der Waals surface area (Å²) in [4.78, 5) is 7.80. The summed E-state index contributed by atoms with van der Waals surface area (Å²) in [5.74, 6) is 0. The molecule has 17 heavy (non-hydrogen) atoms. The van der Waals surface area contributed by atoms with Crippen molar-refractivity contribution in [2.24, 2.45) is 0 Å². The summed E-state index contributed by atoms with van der Waals surface area (Å²) >= 11 is 0. The van der Waals surface area contributed by atoms with Crippen molar-refractivity contribution in [3.8, 4) is 0 Å². The Morgan fingerprint density at radius 3 is 1.76 bits per heavy atom. The third kappa shape index (κ3) is 2.65. The molecule has 4 nitrogen and oxygen atoms in total. The van der Waals surface area contributed by atoms with Gasteiger partial charge in [-0.25, -0.2) is 0 Å². The van der Waals surface area contributed by atoms with E-state index >= 15 is 0 Å². The van der Waals surface area contributed by atoms with Crippen molar-refractivity contribution < 1.29 is 4.74 Å². The monoisotopic (exact) mass is 239 g/mol. The van der Waals surface area contributed by atoms with E-state index in [1.54, 1.807) is 0 Å². The Morgan fingerprint density at radius 1 is 0.765 bits per heavy atom. The summed E-state index contributed by atoms with van der Waals surface area (Å²) < 4.78 is 5.28. The largest absolute Gasteiger partial charge is 0.378 e. The Balaban J connectivity index is 1.44. The van der Waals surface area contributed by atoms with E-state index in [0.29, 0.717) is 0 Å². The zero-order chi connectivity index (χ0) is 11.7. The summed E-state index contributed by atoms with van der Waals surface area (Å²) in [5, 5.41) is 0. The molecule has 0 amide bonds. The molecule has 3 heterocycles. The highest BCUT2D eigenvalue weighted by Crippen LogP contribution is 2.19. The van der Waals surface area contributed by atoms with Crippen molar-refractivity contribution in [1.29, 1.82) is 0 Å². The minimum atomic E-state index is 0.731. The van der Waals surface area contributed by atoms with Crippen LogP contribution in [0.2, 0.25) is 0 Å². The van der Waals surface area contributed by atoms with Gasteiger partial charge in [0.1, 0.15) is 0 Å². The molecule has 3 fully saturated rings. The number of hydrogen-bond acceptors (Lipinski definition) is 4. The van der Waals surface area contributed by atoms with E-state index in [2.05, 4.69) is 21.7 Å². The van der Waals surface area contributed by atoms with Gasteiger partial charge in [-0.05, 0) is 33.0 Å². The number of rotatable bonds is 2. The molecule has 0 N–H and O–H groups in total. The highest BCUT2D eigenvalue weighted by Gasteiger charge is 2.31. The summed E-state index contributed by atoms with van der Waals surface area (Å²) in [6.45, 7) is 9.53. The van der Waals surface area contributed by atoms with Crippen LogP contribution in [0.5, 0.6) is 0 Å². The van der Waals surface area contributed by atoms with E-state index in [1.165, 1.54) is 52.1 Å². The highest BCUT2D eigenvalue weighted by atomic mass is 16.5. The molecule has 4 heteroatoms. The number of piperidine rings is 1. The van der Waals surface area contributed by atoms with Crippen molar-refractivity contribution >= 4 is 0 Å². The normalized spacial score (nSPS) is 31.6. The lowest BCUT2D eigenvalue weighted by atomic mass is 10.0.